The Hall–Kier alpha value is -1.19. The highest BCUT2D eigenvalue weighted by Gasteiger charge is 1.90. The van der Waals surface area contributed by atoms with Crippen molar-refractivity contribution in [3.05, 3.63) is 35.7 Å². The Labute approximate surface area is 71.0 Å². The van der Waals surface area contributed by atoms with E-state index in [9.17, 15) is 0 Å². The molecule has 0 aliphatic rings. The SMILES string of the molecule is OCC=Cc1ccc(CO)nc1. The molecule has 3 nitrogen and oxygen atoms in total. The van der Waals surface area contributed by atoms with Crippen LogP contribution in [0.3, 0.4) is 0 Å². The summed E-state index contributed by atoms with van der Waals surface area (Å²) in [5.74, 6) is 0. The number of aromatic nitrogens is 1. The first kappa shape index (κ1) is 8.90. The normalized spacial score (nSPS) is 10.8. The van der Waals surface area contributed by atoms with Crippen LogP contribution in [0.5, 0.6) is 0 Å². The fraction of sp³-hybridized carbons (Fsp3) is 0.222. The Morgan fingerprint density at radius 2 is 2.17 bits per heavy atom. The van der Waals surface area contributed by atoms with Crippen LogP contribution >= 0.6 is 0 Å². The van der Waals surface area contributed by atoms with Gasteiger partial charge in [0.2, 0.25) is 0 Å². The van der Waals surface area contributed by atoms with E-state index in [1.807, 2.05) is 6.07 Å². The molecule has 0 spiro atoms. The molecule has 0 unspecified atom stereocenters. The van der Waals surface area contributed by atoms with E-state index in [0.717, 1.165) is 5.56 Å². The zero-order valence-corrected chi connectivity index (χ0v) is 6.64. The highest BCUT2D eigenvalue weighted by molar-refractivity contribution is 5.47. The third kappa shape index (κ3) is 2.45. The second-order valence-corrected chi connectivity index (χ2v) is 2.33. The first-order chi connectivity index (χ1) is 5.86. The van der Waals surface area contributed by atoms with Crippen molar-refractivity contribution < 1.29 is 10.2 Å². The van der Waals surface area contributed by atoms with Gasteiger partial charge in [0.05, 0.1) is 18.9 Å². The molecule has 0 aromatic carbocycles. The summed E-state index contributed by atoms with van der Waals surface area (Å²) in [6.45, 7) is -0.00819. The fourth-order valence-electron chi connectivity index (χ4n) is 0.817. The standard InChI is InChI=1S/C9H11NO2/c11-5-1-2-8-3-4-9(7-12)10-6-8/h1-4,6,11-12H,5,7H2. The lowest BCUT2D eigenvalue weighted by atomic mass is 10.2. The van der Waals surface area contributed by atoms with Crippen LogP contribution in [0.4, 0.5) is 0 Å². The average Bonchev–Trinajstić information content (AvgIpc) is 2.15. The maximum absolute atomic E-state index is 8.68. The molecule has 1 aromatic heterocycles. The molecule has 1 heterocycles. The number of hydrogen-bond acceptors (Lipinski definition) is 3. The van der Waals surface area contributed by atoms with Gasteiger partial charge in [-0.25, -0.2) is 0 Å². The van der Waals surface area contributed by atoms with Crippen molar-refractivity contribution in [2.24, 2.45) is 0 Å². The van der Waals surface area contributed by atoms with Crippen molar-refractivity contribution in [3.8, 4) is 0 Å². The second kappa shape index (κ2) is 4.64. The molecule has 0 saturated carbocycles. The molecule has 0 fully saturated rings. The maximum Gasteiger partial charge on any atom is 0.0852 e. The Morgan fingerprint density at radius 1 is 1.33 bits per heavy atom. The van der Waals surface area contributed by atoms with E-state index in [0.29, 0.717) is 5.69 Å². The topological polar surface area (TPSA) is 53.4 Å². The largest absolute Gasteiger partial charge is 0.392 e. The van der Waals surface area contributed by atoms with E-state index in [-0.39, 0.29) is 13.2 Å². The van der Waals surface area contributed by atoms with E-state index in [1.54, 1.807) is 24.4 Å². The Morgan fingerprint density at radius 3 is 2.67 bits per heavy atom. The van der Waals surface area contributed by atoms with Crippen LogP contribution in [-0.2, 0) is 6.61 Å². The third-order valence-electron chi connectivity index (χ3n) is 1.43. The van der Waals surface area contributed by atoms with E-state index < -0.39 is 0 Å². The summed E-state index contributed by atoms with van der Waals surface area (Å²) in [6.07, 6.45) is 5.06. The van der Waals surface area contributed by atoms with Gasteiger partial charge in [-0.15, -0.1) is 0 Å². The molecule has 0 atom stereocenters. The minimum absolute atomic E-state index is 0.0295. The van der Waals surface area contributed by atoms with Crippen molar-refractivity contribution >= 4 is 6.08 Å². The second-order valence-electron chi connectivity index (χ2n) is 2.33. The summed E-state index contributed by atoms with van der Waals surface area (Å²) < 4.78 is 0. The summed E-state index contributed by atoms with van der Waals surface area (Å²) in [5, 5.41) is 17.2. The van der Waals surface area contributed by atoms with Crippen LogP contribution in [0.25, 0.3) is 6.08 Å². The maximum atomic E-state index is 8.68. The van der Waals surface area contributed by atoms with E-state index in [4.69, 9.17) is 10.2 Å². The summed E-state index contributed by atoms with van der Waals surface area (Å²) in [6, 6.07) is 3.59. The van der Waals surface area contributed by atoms with Crippen molar-refractivity contribution in [3.63, 3.8) is 0 Å². The zero-order valence-electron chi connectivity index (χ0n) is 6.64. The minimum atomic E-state index is -0.0377. The summed E-state index contributed by atoms with van der Waals surface area (Å²) in [7, 11) is 0. The molecule has 0 amide bonds. The lowest BCUT2D eigenvalue weighted by Crippen LogP contribution is -1.87. The summed E-state index contributed by atoms with van der Waals surface area (Å²) >= 11 is 0. The van der Waals surface area contributed by atoms with Crippen LogP contribution < -0.4 is 0 Å². The number of rotatable bonds is 3. The van der Waals surface area contributed by atoms with Gasteiger partial charge < -0.3 is 10.2 Å². The van der Waals surface area contributed by atoms with Crippen molar-refractivity contribution in [2.75, 3.05) is 6.61 Å². The van der Waals surface area contributed by atoms with Crippen molar-refractivity contribution in [1.29, 1.82) is 0 Å². The van der Waals surface area contributed by atoms with Gasteiger partial charge >= 0.3 is 0 Å². The van der Waals surface area contributed by atoms with E-state index >= 15 is 0 Å². The summed E-state index contributed by atoms with van der Waals surface area (Å²) in [5.41, 5.74) is 1.57. The number of pyridine rings is 1. The fourth-order valence-corrected chi connectivity index (χ4v) is 0.817. The third-order valence-corrected chi connectivity index (χ3v) is 1.43. The highest BCUT2D eigenvalue weighted by Crippen LogP contribution is 2.01. The predicted molar refractivity (Wildman–Crippen MR) is 46.3 cm³/mol. The zero-order chi connectivity index (χ0) is 8.81. The molecule has 64 valence electrons. The Bertz CT molecular complexity index is 254. The highest BCUT2D eigenvalue weighted by atomic mass is 16.3. The lowest BCUT2D eigenvalue weighted by Gasteiger charge is -1.95. The van der Waals surface area contributed by atoms with Gasteiger partial charge in [0, 0.05) is 6.20 Å². The quantitative estimate of drug-likeness (QED) is 0.688. The van der Waals surface area contributed by atoms with Crippen LogP contribution in [-0.4, -0.2) is 21.8 Å². The van der Waals surface area contributed by atoms with Gasteiger partial charge in [0.25, 0.3) is 0 Å². The molecular weight excluding hydrogens is 154 g/mol. The molecule has 2 N–H and O–H groups in total. The van der Waals surface area contributed by atoms with Gasteiger partial charge in [0.1, 0.15) is 0 Å². The van der Waals surface area contributed by atoms with Gasteiger partial charge in [-0.05, 0) is 11.6 Å². The molecule has 1 rings (SSSR count). The number of nitrogens with zero attached hydrogens (tertiary/aromatic N) is 1. The monoisotopic (exact) mass is 165 g/mol. The molecular formula is C9H11NO2. The van der Waals surface area contributed by atoms with Gasteiger partial charge in [0.15, 0.2) is 0 Å². The first-order valence-electron chi connectivity index (χ1n) is 3.70. The molecule has 0 aliphatic heterocycles. The molecule has 3 heteroatoms. The van der Waals surface area contributed by atoms with Crippen LogP contribution in [0.15, 0.2) is 24.4 Å². The van der Waals surface area contributed by atoms with E-state index in [2.05, 4.69) is 4.98 Å². The number of aliphatic hydroxyl groups excluding tert-OH is 2. The van der Waals surface area contributed by atoms with Crippen LogP contribution in [0.1, 0.15) is 11.3 Å². The number of hydrogen-bond donors (Lipinski definition) is 2. The molecule has 1 aromatic rings. The van der Waals surface area contributed by atoms with E-state index in [1.165, 1.54) is 0 Å². The molecule has 0 radical (unpaired) electrons. The number of aliphatic hydroxyl groups is 2. The average molecular weight is 165 g/mol. The van der Waals surface area contributed by atoms with Gasteiger partial charge in [-0.2, -0.15) is 0 Å². The smallest absolute Gasteiger partial charge is 0.0852 e. The van der Waals surface area contributed by atoms with Crippen LogP contribution in [0.2, 0.25) is 0 Å². The minimum Gasteiger partial charge on any atom is -0.392 e. The van der Waals surface area contributed by atoms with Gasteiger partial charge in [-0.3, -0.25) is 4.98 Å². The van der Waals surface area contributed by atoms with Crippen LogP contribution in [0, 0.1) is 0 Å². The Kier molecular flexibility index (Phi) is 3.44. The molecule has 0 aliphatic carbocycles. The predicted octanol–water partition coefficient (Wildman–Crippen LogP) is 0.579. The summed E-state index contributed by atoms with van der Waals surface area (Å²) in [4.78, 5) is 3.97. The Balaban J connectivity index is 2.71. The molecule has 0 bridgehead atoms. The van der Waals surface area contributed by atoms with Crippen molar-refractivity contribution in [1.82, 2.24) is 4.98 Å². The first-order valence-corrected chi connectivity index (χ1v) is 3.70. The molecule has 12 heavy (non-hydrogen) atoms. The van der Waals surface area contributed by atoms with Gasteiger partial charge in [-0.1, -0.05) is 18.2 Å². The van der Waals surface area contributed by atoms with Crippen molar-refractivity contribution in [2.45, 2.75) is 6.61 Å². The molecule has 0 saturated heterocycles. The lowest BCUT2D eigenvalue weighted by molar-refractivity contribution is 0.277.